The van der Waals surface area contributed by atoms with Crippen LogP contribution in [0.4, 0.5) is 10.1 Å². The summed E-state index contributed by atoms with van der Waals surface area (Å²) in [5, 5.41) is 3.15. The minimum Gasteiger partial charge on any atom is -0.493 e. The number of amidine groups is 1. The molecule has 140 valence electrons. The second-order valence-electron chi connectivity index (χ2n) is 6.00. The number of aliphatic imine (C=N–C) groups is 1. The molecule has 27 heavy (non-hydrogen) atoms. The lowest BCUT2D eigenvalue weighted by Crippen LogP contribution is -2.19. The van der Waals surface area contributed by atoms with Gasteiger partial charge in [0.2, 0.25) is 0 Å². The Labute approximate surface area is 161 Å². The topological polar surface area (TPSA) is 59.9 Å². The van der Waals surface area contributed by atoms with E-state index in [1.54, 1.807) is 25.3 Å². The van der Waals surface area contributed by atoms with E-state index in [9.17, 15) is 9.18 Å². The third-order valence-electron chi connectivity index (χ3n) is 3.58. The van der Waals surface area contributed by atoms with Gasteiger partial charge >= 0.3 is 0 Å². The van der Waals surface area contributed by atoms with Crippen LogP contribution in [0.5, 0.6) is 11.5 Å². The third kappa shape index (κ3) is 4.68. The largest absolute Gasteiger partial charge is 0.493 e. The van der Waals surface area contributed by atoms with Crippen LogP contribution in [0, 0.1) is 5.82 Å². The molecular formula is C20H19FN2O3S. The van der Waals surface area contributed by atoms with Crippen LogP contribution >= 0.6 is 11.8 Å². The predicted molar refractivity (Wildman–Crippen MR) is 106 cm³/mol. The molecule has 1 aliphatic rings. The van der Waals surface area contributed by atoms with Crippen molar-refractivity contribution >= 4 is 34.6 Å². The van der Waals surface area contributed by atoms with Crippen LogP contribution in [0.15, 0.2) is 52.4 Å². The summed E-state index contributed by atoms with van der Waals surface area (Å²) in [6.45, 7) is 3.85. The Morgan fingerprint density at radius 3 is 2.59 bits per heavy atom. The lowest BCUT2D eigenvalue weighted by Gasteiger charge is -2.16. The van der Waals surface area contributed by atoms with Crippen LogP contribution in [0.2, 0.25) is 0 Å². The van der Waals surface area contributed by atoms with E-state index in [0.717, 1.165) is 5.56 Å². The number of benzene rings is 2. The summed E-state index contributed by atoms with van der Waals surface area (Å²) in [4.78, 5) is 17.1. The number of halogens is 1. The quantitative estimate of drug-likeness (QED) is 0.768. The number of nitrogens with zero attached hydrogens (tertiary/aromatic N) is 1. The van der Waals surface area contributed by atoms with Crippen molar-refractivity contribution in [2.45, 2.75) is 20.0 Å². The highest BCUT2D eigenvalue weighted by atomic mass is 32.2. The SMILES string of the molecule is COc1cccc(/C=C2/SC(=Nc3ccc(F)cc3)NC2=O)c1OC(C)C. The Kier molecular flexibility index (Phi) is 5.81. The maximum Gasteiger partial charge on any atom is 0.264 e. The van der Waals surface area contributed by atoms with E-state index in [1.807, 2.05) is 32.0 Å². The molecule has 7 heteroatoms. The highest BCUT2D eigenvalue weighted by Crippen LogP contribution is 2.36. The summed E-state index contributed by atoms with van der Waals surface area (Å²) in [6, 6.07) is 11.2. The first-order chi connectivity index (χ1) is 13.0. The van der Waals surface area contributed by atoms with Crippen LogP contribution in [0.1, 0.15) is 19.4 Å². The molecular weight excluding hydrogens is 367 g/mol. The van der Waals surface area contributed by atoms with Crippen molar-refractivity contribution in [3.05, 3.63) is 58.8 Å². The summed E-state index contributed by atoms with van der Waals surface area (Å²) in [5.41, 5.74) is 1.30. The molecule has 3 rings (SSSR count). The van der Waals surface area contributed by atoms with E-state index in [0.29, 0.717) is 27.3 Å². The number of hydrogen-bond acceptors (Lipinski definition) is 5. The minimum absolute atomic E-state index is 0.0425. The van der Waals surface area contributed by atoms with Crippen molar-refractivity contribution in [3.63, 3.8) is 0 Å². The molecule has 2 aromatic rings. The summed E-state index contributed by atoms with van der Waals surface area (Å²) in [6.07, 6.45) is 1.70. The summed E-state index contributed by atoms with van der Waals surface area (Å²) in [5.74, 6) is 0.596. The molecule has 1 amide bonds. The molecule has 1 heterocycles. The Bertz CT molecular complexity index is 908. The van der Waals surface area contributed by atoms with E-state index in [2.05, 4.69) is 10.3 Å². The van der Waals surface area contributed by atoms with Gasteiger partial charge in [0.25, 0.3) is 5.91 Å². The highest BCUT2D eigenvalue weighted by Gasteiger charge is 2.25. The van der Waals surface area contributed by atoms with Gasteiger partial charge in [0, 0.05) is 5.56 Å². The monoisotopic (exact) mass is 386 g/mol. The molecule has 0 aromatic heterocycles. The number of methoxy groups -OCH3 is 1. The van der Waals surface area contributed by atoms with E-state index in [-0.39, 0.29) is 17.8 Å². The van der Waals surface area contributed by atoms with Crippen LogP contribution in [-0.2, 0) is 4.79 Å². The normalized spacial score (nSPS) is 16.9. The number of amides is 1. The number of thioether (sulfide) groups is 1. The maximum absolute atomic E-state index is 13.0. The summed E-state index contributed by atoms with van der Waals surface area (Å²) >= 11 is 1.21. The van der Waals surface area contributed by atoms with Crippen molar-refractivity contribution < 1.29 is 18.7 Å². The molecule has 2 aromatic carbocycles. The van der Waals surface area contributed by atoms with E-state index in [1.165, 1.54) is 23.9 Å². The molecule has 1 saturated heterocycles. The van der Waals surface area contributed by atoms with Gasteiger partial charge in [0.1, 0.15) is 5.82 Å². The fourth-order valence-corrected chi connectivity index (χ4v) is 3.26. The second-order valence-corrected chi connectivity index (χ2v) is 7.03. The lowest BCUT2D eigenvalue weighted by molar-refractivity contribution is -0.115. The van der Waals surface area contributed by atoms with Crippen molar-refractivity contribution in [1.82, 2.24) is 5.32 Å². The standard InChI is InChI=1S/C20H19FN2O3S/c1-12(2)26-18-13(5-4-6-16(18)25-3)11-17-19(24)23-20(27-17)22-15-9-7-14(21)8-10-15/h4-12H,1-3H3,(H,22,23,24)/b17-11+. The number of hydrogen-bond donors (Lipinski definition) is 1. The zero-order chi connectivity index (χ0) is 19.4. The number of carbonyl (C=O) groups excluding carboxylic acids is 1. The van der Waals surface area contributed by atoms with Gasteiger partial charge in [0.15, 0.2) is 16.7 Å². The first-order valence-electron chi connectivity index (χ1n) is 8.35. The number of ether oxygens (including phenoxy) is 2. The predicted octanol–water partition coefficient (Wildman–Crippen LogP) is 4.51. The first-order valence-corrected chi connectivity index (χ1v) is 9.16. The molecule has 0 saturated carbocycles. The van der Waals surface area contributed by atoms with Gasteiger partial charge in [-0.05, 0) is 62.0 Å². The van der Waals surface area contributed by atoms with Gasteiger partial charge in [0.05, 0.1) is 23.8 Å². The Hall–Kier alpha value is -2.80. The van der Waals surface area contributed by atoms with Gasteiger partial charge in [-0.2, -0.15) is 0 Å². The minimum atomic E-state index is -0.335. The average molecular weight is 386 g/mol. The highest BCUT2D eigenvalue weighted by molar-refractivity contribution is 8.18. The Morgan fingerprint density at radius 1 is 1.19 bits per heavy atom. The van der Waals surface area contributed by atoms with E-state index in [4.69, 9.17) is 9.47 Å². The first kappa shape index (κ1) is 19.0. The summed E-state index contributed by atoms with van der Waals surface area (Å²) in [7, 11) is 1.57. The van der Waals surface area contributed by atoms with Gasteiger partial charge in [-0.15, -0.1) is 0 Å². The Balaban J connectivity index is 1.89. The molecule has 1 fully saturated rings. The molecule has 0 radical (unpaired) electrons. The molecule has 0 spiro atoms. The van der Waals surface area contributed by atoms with Crippen LogP contribution < -0.4 is 14.8 Å². The smallest absolute Gasteiger partial charge is 0.264 e. The van der Waals surface area contributed by atoms with Crippen molar-refractivity contribution in [2.75, 3.05) is 7.11 Å². The average Bonchev–Trinajstić information content (AvgIpc) is 2.97. The van der Waals surface area contributed by atoms with Gasteiger partial charge < -0.3 is 14.8 Å². The van der Waals surface area contributed by atoms with Crippen LogP contribution in [-0.4, -0.2) is 24.3 Å². The number of para-hydroxylation sites is 1. The van der Waals surface area contributed by atoms with Crippen molar-refractivity contribution in [2.24, 2.45) is 4.99 Å². The molecule has 5 nitrogen and oxygen atoms in total. The number of carbonyl (C=O) groups is 1. The number of rotatable bonds is 5. The molecule has 0 aliphatic carbocycles. The van der Waals surface area contributed by atoms with Gasteiger partial charge in [-0.25, -0.2) is 9.38 Å². The van der Waals surface area contributed by atoms with Crippen LogP contribution in [0.3, 0.4) is 0 Å². The van der Waals surface area contributed by atoms with Gasteiger partial charge in [-0.3, -0.25) is 4.79 Å². The maximum atomic E-state index is 13.0. The zero-order valence-electron chi connectivity index (χ0n) is 15.2. The van der Waals surface area contributed by atoms with Crippen molar-refractivity contribution in [3.8, 4) is 11.5 Å². The third-order valence-corrected chi connectivity index (χ3v) is 4.49. The van der Waals surface area contributed by atoms with E-state index < -0.39 is 0 Å². The lowest BCUT2D eigenvalue weighted by atomic mass is 10.1. The Morgan fingerprint density at radius 2 is 1.93 bits per heavy atom. The molecule has 0 bridgehead atoms. The zero-order valence-corrected chi connectivity index (χ0v) is 16.0. The molecule has 0 atom stereocenters. The molecule has 1 N–H and O–H groups in total. The van der Waals surface area contributed by atoms with Crippen molar-refractivity contribution in [1.29, 1.82) is 0 Å². The number of nitrogens with one attached hydrogen (secondary N) is 1. The second kappa shape index (κ2) is 8.26. The fraction of sp³-hybridized carbons (Fsp3) is 0.200. The molecule has 1 aliphatic heterocycles. The fourth-order valence-electron chi connectivity index (χ4n) is 2.42. The molecule has 0 unspecified atom stereocenters. The van der Waals surface area contributed by atoms with E-state index >= 15 is 0 Å². The van der Waals surface area contributed by atoms with Gasteiger partial charge in [-0.1, -0.05) is 12.1 Å². The van der Waals surface area contributed by atoms with Crippen LogP contribution in [0.25, 0.3) is 6.08 Å². The summed E-state index contributed by atoms with van der Waals surface area (Å²) < 4.78 is 24.2.